The first-order valence-corrected chi connectivity index (χ1v) is 7.23. The Hall–Kier alpha value is -0.870. The molecule has 0 unspecified atom stereocenters. The summed E-state index contributed by atoms with van der Waals surface area (Å²) in [5, 5.41) is 6.37. The van der Waals surface area contributed by atoms with Gasteiger partial charge in [0.1, 0.15) is 0 Å². The van der Waals surface area contributed by atoms with Crippen molar-refractivity contribution in [2.45, 2.75) is 25.8 Å². The zero-order valence-electron chi connectivity index (χ0n) is 10.6. The molecule has 1 aliphatic heterocycles. The second kappa shape index (κ2) is 6.34. The fraction of sp³-hybridized carbons (Fsp3) is 0.500. The third-order valence-electron chi connectivity index (χ3n) is 3.40. The number of piperidine rings is 1. The van der Waals surface area contributed by atoms with Gasteiger partial charge in [0, 0.05) is 11.0 Å². The van der Waals surface area contributed by atoms with Crippen LogP contribution in [0.25, 0.3) is 0 Å². The molecular weight excluding hydrogens is 292 g/mol. The molecule has 18 heavy (non-hydrogen) atoms. The molecule has 0 radical (unpaired) electrons. The van der Waals surface area contributed by atoms with E-state index >= 15 is 0 Å². The number of halogens is 1. The van der Waals surface area contributed by atoms with E-state index in [1.54, 1.807) is 0 Å². The summed E-state index contributed by atoms with van der Waals surface area (Å²) in [5.41, 5.74) is 1.12. The van der Waals surface area contributed by atoms with Crippen LogP contribution in [-0.2, 0) is 4.79 Å². The molecule has 0 spiro atoms. The summed E-state index contributed by atoms with van der Waals surface area (Å²) < 4.78 is 1.04. The molecule has 98 valence electrons. The second-order valence-electron chi connectivity index (χ2n) is 4.80. The van der Waals surface area contributed by atoms with Gasteiger partial charge in [-0.25, -0.2) is 0 Å². The van der Waals surface area contributed by atoms with E-state index in [0.717, 1.165) is 36.0 Å². The summed E-state index contributed by atoms with van der Waals surface area (Å²) in [6, 6.07) is 8.04. The fourth-order valence-corrected chi connectivity index (χ4v) is 2.94. The number of carbonyl (C=O) groups is 1. The Bertz CT molecular complexity index is 416. The zero-order valence-corrected chi connectivity index (χ0v) is 12.2. The zero-order chi connectivity index (χ0) is 13.0. The molecular formula is C14H19BrN2O. The minimum atomic E-state index is 0.0370. The fourth-order valence-electron chi connectivity index (χ4n) is 2.31. The van der Waals surface area contributed by atoms with Crippen molar-refractivity contribution in [3.8, 4) is 0 Å². The standard InChI is InChI=1S/C14H19BrN2O/c1-10(12-6-2-3-7-13(12)15)17-14(18)11-5-4-8-16-9-11/h2-3,6-7,10-11,16H,4-5,8-9H2,1H3,(H,17,18)/t10-,11+/m0/s1. The SMILES string of the molecule is C[C@H](NC(=O)[C@@H]1CCCNC1)c1ccccc1Br. The van der Waals surface area contributed by atoms with Gasteiger partial charge in [-0.1, -0.05) is 34.1 Å². The van der Waals surface area contributed by atoms with Crippen LogP contribution in [0.4, 0.5) is 0 Å². The van der Waals surface area contributed by atoms with Crippen LogP contribution >= 0.6 is 15.9 Å². The van der Waals surface area contributed by atoms with E-state index in [2.05, 4.69) is 26.6 Å². The lowest BCUT2D eigenvalue weighted by Crippen LogP contribution is -2.41. The first-order valence-electron chi connectivity index (χ1n) is 6.44. The molecule has 1 saturated heterocycles. The molecule has 2 N–H and O–H groups in total. The van der Waals surface area contributed by atoms with Crippen molar-refractivity contribution in [3.63, 3.8) is 0 Å². The first-order chi connectivity index (χ1) is 8.68. The maximum absolute atomic E-state index is 12.1. The van der Waals surface area contributed by atoms with Crippen LogP contribution in [0.5, 0.6) is 0 Å². The molecule has 1 heterocycles. The van der Waals surface area contributed by atoms with Gasteiger partial charge in [-0.3, -0.25) is 4.79 Å². The van der Waals surface area contributed by atoms with Gasteiger partial charge in [-0.05, 0) is 37.9 Å². The number of amides is 1. The lowest BCUT2D eigenvalue weighted by Gasteiger charge is -2.24. The van der Waals surface area contributed by atoms with E-state index in [1.165, 1.54) is 0 Å². The average Bonchev–Trinajstić information content (AvgIpc) is 2.40. The van der Waals surface area contributed by atoms with Crippen LogP contribution in [0.1, 0.15) is 31.4 Å². The lowest BCUT2D eigenvalue weighted by atomic mass is 9.98. The van der Waals surface area contributed by atoms with Crippen LogP contribution in [0.15, 0.2) is 28.7 Å². The van der Waals surface area contributed by atoms with Gasteiger partial charge < -0.3 is 10.6 Å². The average molecular weight is 311 g/mol. The summed E-state index contributed by atoms with van der Waals surface area (Å²) in [7, 11) is 0. The summed E-state index contributed by atoms with van der Waals surface area (Å²) in [6.45, 7) is 3.85. The highest BCUT2D eigenvalue weighted by atomic mass is 79.9. The van der Waals surface area contributed by atoms with Crippen molar-refractivity contribution in [1.29, 1.82) is 0 Å². The topological polar surface area (TPSA) is 41.1 Å². The summed E-state index contributed by atoms with van der Waals surface area (Å²) >= 11 is 3.52. The number of carbonyl (C=O) groups excluding carboxylic acids is 1. The molecule has 0 saturated carbocycles. The van der Waals surface area contributed by atoms with E-state index in [0.29, 0.717) is 0 Å². The van der Waals surface area contributed by atoms with E-state index in [-0.39, 0.29) is 17.9 Å². The van der Waals surface area contributed by atoms with Gasteiger partial charge in [0.2, 0.25) is 5.91 Å². The molecule has 1 fully saturated rings. The van der Waals surface area contributed by atoms with Crippen molar-refractivity contribution in [2.24, 2.45) is 5.92 Å². The van der Waals surface area contributed by atoms with E-state index in [9.17, 15) is 4.79 Å². The van der Waals surface area contributed by atoms with Crippen molar-refractivity contribution >= 4 is 21.8 Å². The van der Waals surface area contributed by atoms with Crippen molar-refractivity contribution < 1.29 is 4.79 Å². The molecule has 1 aliphatic rings. The van der Waals surface area contributed by atoms with Gasteiger partial charge in [0.05, 0.1) is 12.0 Å². The molecule has 1 aromatic rings. The van der Waals surface area contributed by atoms with Crippen LogP contribution in [-0.4, -0.2) is 19.0 Å². The second-order valence-corrected chi connectivity index (χ2v) is 5.65. The molecule has 0 bridgehead atoms. The predicted molar refractivity (Wildman–Crippen MR) is 76.3 cm³/mol. The largest absolute Gasteiger partial charge is 0.349 e. The van der Waals surface area contributed by atoms with Gasteiger partial charge >= 0.3 is 0 Å². The van der Waals surface area contributed by atoms with Gasteiger partial charge in [0.15, 0.2) is 0 Å². The molecule has 0 aromatic heterocycles. The predicted octanol–water partition coefficient (Wildman–Crippen LogP) is 2.63. The Morgan fingerprint density at radius 1 is 1.50 bits per heavy atom. The van der Waals surface area contributed by atoms with Crippen LogP contribution in [0.2, 0.25) is 0 Å². The van der Waals surface area contributed by atoms with Crippen LogP contribution in [0.3, 0.4) is 0 Å². The van der Waals surface area contributed by atoms with Crippen molar-refractivity contribution in [1.82, 2.24) is 10.6 Å². The number of benzene rings is 1. The maximum atomic E-state index is 12.1. The Morgan fingerprint density at radius 3 is 2.94 bits per heavy atom. The van der Waals surface area contributed by atoms with E-state index in [4.69, 9.17) is 0 Å². The minimum absolute atomic E-state index is 0.0370. The molecule has 4 heteroatoms. The summed E-state index contributed by atoms with van der Waals surface area (Å²) in [6.07, 6.45) is 2.07. The highest BCUT2D eigenvalue weighted by Gasteiger charge is 2.22. The third kappa shape index (κ3) is 3.33. The molecule has 2 atom stereocenters. The Morgan fingerprint density at radius 2 is 2.28 bits per heavy atom. The molecule has 2 rings (SSSR count). The smallest absolute Gasteiger partial charge is 0.224 e. The monoisotopic (exact) mass is 310 g/mol. The van der Waals surface area contributed by atoms with E-state index in [1.807, 2.05) is 31.2 Å². The van der Waals surface area contributed by atoms with Crippen LogP contribution < -0.4 is 10.6 Å². The molecule has 3 nitrogen and oxygen atoms in total. The van der Waals surface area contributed by atoms with Crippen molar-refractivity contribution in [3.05, 3.63) is 34.3 Å². The van der Waals surface area contributed by atoms with Gasteiger partial charge in [0.25, 0.3) is 0 Å². The number of hydrogen-bond acceptors (Lipinski definition) is 2. The number of rotatable bonds is 3. The minimum Gasteiger partial charge on any atom is -0.349 e. The molecule has 0 aliphatic carbocycles. The van der Waals surface area contributed by atoms with Crippen LogP contribution in [0, 0.1) is 5.92 Å². The number of nitrogens with one attached hydrogen (secondary N) is 2. The number of hydrogen-bond donors (Lipinski definition) is 2. The highest BCUT2D eigenvalue weighted by Crippen LogP contribution is 2.23. The normalized spacial score (nSPS) is 21.3. The molecule has 1 amide bonds. The quantitative estimate of drug-likeness (QED) is 0.901. The highest BCUT2D eigenvalue weighted by molar-refractivity contribution is 9.10. The molecule has 1 aromatic carbocycles. The Balaban J connectivity index is 1.96. The van der Waals surface area contributed by atoms with Gasteiger partial charge in [-0.15, -0.1) is 0 Å². The maximum Gasteiger partial charge on any atom is 0.224 e. The summed E-state index contributed by atoms with van der Waals surface area (Å²) in [5.74, 6) is 0.272. The van der Waals surface area contributed by atoms with E-state index < -0.39 is 0 Å². The lowest BCUT2D eigenvalue weighted by molar-refractivity contribution is -0.126. The first kappa shape index (κ1) is 13.6. The van der Waals surface area contributed by atoms with Gasteiger partial charge in [-0.2, -0.15) is 0 Å². The Kier molecular flexibility index (Phi) is 4.78. The third-order valence-corrected chi connectivity index (χ3v) is 4.12. The summed E-state index contributed by atoms with van der Waals surface area (Å²) in [4.78, 5) is 12.1. The van der Waals surface area contributed by atoms with Crippen molar-refractivity contribution in [2.75, 3.05) is 13.1 Å². The Labute approximate surface area is 116 Å².